The second kappa shape index (κ2) is 6.17. The molecule has 1 N–H and O–H groups in total. The van der Waals surface area contributed by atoms with Gasteiger partial charge in [0.05, 0.1) is 14.2 Å². The Morgan fingerprint density at radius 3 is 2.53 bits per heavy atom. The molecule has 2 heterocycles. The van der Waals surface area contributed by atoms with Gasteiger partial charge in [0.2, 0.25) is 0 Å². The first kappa shape index (κ1) is 14.0. The average Bonchev–Trinajstić information content (AvgIpc) is 2.83. The summed E-state index contributed by atoms with van der Waals surface area (Å²) in [5.74, 6) is 0. The van der Waals surface area contributed by atoms with Crippen LogP contribution in [0.2, 0.25) is 4.34 Å². The molecule has 92 valence electrons. The normalized spacial score (nSPS) is 12.9. The van der Waals surface area contributed by atoms with Gasteiger partial charge in [0.25, 0.3) is 0 Å². The first-order chi connectivity index (χ1) is 8.11. The molecule has 1 unspecified atom stereocenters. The van der Waals surface area contributed by atoms with E-state index in [9.17, 15) is 0 Å². The minimum Gasteiger partial charge on any atom is -0.305 e. The van der Waals surface area contributed by atoms with Crippen LogP contribution in [0.15, 0.2) is 26.5 Å². The quantitative estimate of drug-likeness (QED) is 0.677. The molecule has 1 nitrogen and oxygen atoms in total. The topological polar surface area (TPSA) is 12.0 Å². The Kier molecular flexibility index (Phi) is 5.09. The molecule has 6 heteroatoms. The van der Waals surface area contributed by atoms with E-state index in [2.05, 4.69) is 56.2 Å². The van der Waals surface area contributed by atoms with Crippen molar-refractivity contribution in [2.75, 3.05) is 6.54 Å². The predicted octanol–water partition coefficient (Wildman–Crippen LogP) is 5.69. The van der Waals surface area contributed by atoms with E-state index in [1.165, 1.54) is 9.75 Å². The lowest BCUT2D eigenvalue weighted by molar-refractivity contribution is 0.648. The number of hydrogen-bond acceptors (Lipinski definition) is 3. The third kappa shape index (κ3) is 3.33. The van der Waals surface area contributed by atoms with Crippen molar-refractivity contribution in [2.24, 2.45) is 0 Å². The SMILES string of the molecule is CCNC(c1ccc(Cl)s1)c1cc(Br)c(Br)s1. The summed E-state index contributed by atoms with van der Waals surface area (Å²) in [7, 11) is 0. The van der Waals surface area contributed by atoms with Gasteiger partial charge in [-0.05, 0) is 56.6 Å². The lowest BCUT2D eigenvalue weighted by Crippen LogP contribution is -2.19. The first-order valence-electron chi connectivity index (χ1n) is 5.05. The molecule has 0 aliphatic rings. The van der Waals surface area contributed by atoms with Gasteiger partial charge in [0.1, 0.15) is 0 Å². The van der Waals surface area contributed by atoms with Crippen molar-refractivity contribution < 1.29 is 0 Å². The van der Waals surface area contributed by atoms with Crippen LogP contribution in [0.4, 0.5) is 0 Å². The zero-order valence-corrected chi connectivity index (χ0v) is 14.5. The maximum absolute atomic E-state index is 6.00. The third-order valence-electron chi connectivity index (χ3n) is 2.24. The summed E-state index contributed by atoms with van der Waals surface area (Å²) in [6.45, 7) is 3.03. The number of nitrogens with one attached hydrogen (secondary N) is 1. The van der Waals surface area contributed by atoms with Gasteiger partial charge in [0.15, 0.2) is 0 Å². The van der Waals surface area contributed by atoms with Gasteiger partial charge in [-0.2, -0.15) is 0 Å². The van der Waals surface area contributed by atoms with Gasteiger partial charge in [-0.15, -0.1) is 22.7 Å². The predicted molar refractivity (Wildman–Crippen MR) is 84.6 cm³/mol. The molecule has 0 fully saturated rings. The molecule has 2 aromatic heterocycles. The van der Waals surface area contributed by atoms with Crippen LogP contribution >= 0.6 is 66.1 Å². The molecule has 0 radical (unpaired) electrons. The minimum atomic E-state index is 0.227. The maximum Gasteiger partial charge on any atom is 0.0931 e. The molecule has 0 saturated carbocycles. The van der Waals surface area contributed by atoms with Crippen LogP contribution in [-0.2, 0) is 0 Å². The summed E-state index contributed by atoms with van der Waals surface area (Å²) in [4.78, 5) is 2.53. The van der Waals surface area contributed by atoms with E-state index in [4.69, 9.17) is 11.6 Å². The molecule has 0 aliphatic carbocycles. The lowest BCUT2D eigenvalue weighted by atomic mass is 10.2. The van der Waals surface area contributed by atoms with Crippen molar-refractivity contribution in [2.45, 2.75) is 13.0 Å². The van der Waals surface area contributed by atoms with Crippen molar-refractivity contribution in [3.8, 4) is 0 Å². The van der Waals surface area contributed by atoms with Crippen LogP contribution < -0.4 is 5.32 Å². The summed E-state index contributed by atoms with van der Waals surface area (Å²) in [6.07, 6.45) is 0. The van der Waals surface area contributed by atoms with Crippen molar-refractivity contribution in [3.05, 3.63) is 40.5 Å². The molecule has 2 aromatic rings. The molecular weight excluding hydrogens is 406 g/mol. The summed E-state index contributed by atoms with van der Waals surface area (Å²) in [5.41, 5.74) is 0. The fraction of sp³-hybridized carbons (Fsp3) is 0.273. The minimum absolute atomic E-state index is 0.227. The molecule has 0 spiro atoms. The van der Waals surface area contributed by atoms with E-state index in [1.54, 1.807) is 22.7 Å². The second-order valence-corrected chi connectivity index (χ2v) is 8.41. The molecule has 1 atom stereocenters. The molecule has 17 heavy (non-hydrogen) atoms. The smallest absolute Gasteiger partial charge is 0.0931 e. The highest BCUT2D eigenvalue weighted by Gasteiger charge is 2.18. The zero-order valence-electron chi connectivity index (χ0n) is 8.97. The molecule has 0 bridgehead atoms. The van der Waals surface area contributed by atoms with Gasteiger partial charge in [0, 0.05) is 14.2 Å². The Morgan fingerprint density at radius 1 is 1.29 bits per heavy atom. The Bertz CT molecular complexity index is 490. The van der Waals surface area contributed by atoms with Crippen LogP contribution in [0.5, 0.6) is 0 Å². The fourth-order valence-electron chi connectivity index (χ4n) is 1.53. The second-order valence-electron chi connectivity index (χ2n) is 3.40. The van der Waals surface area contributed by atoms with E-state index in [0.717, 1.165) is 19.1 Å². The molecular formula is C11H10Br2ClNS2. The van der Waals surface area contributed by atoms with Gasteiger partial charge >= 0.3 is 0 Å². The van der Waals surface area contributed by atoms with Gasteiger partial charge in [-0.25, -0.2) is 0 Å². The molecule has 0 saturated heterocycles. The lowest BCUT2D eigenvalue weighted by Gasteiger charge is -2.14. The van der Waals surface area contributed by atoms with E-state index in [1.807, 2.05) is 6.07 Å². The Balaban J connectivity index is 2.34. The number of halogens is 3. The Labute approximate surface area is 130 Å². The van der Waals surface area contributed by atoms with E-state index >= 15 is 0 Å². The third-order valence-corrected chi connectivity index (χ3v) is 6.85. The Morgan fingerprint density at radius 2 is 2.06 bits per heavy atom. The van der Waals surface area contributed by atoms with E-state index in [0.29, 0.717) is 0 Å². The van der Waals surface area contributed by atoms with E-state index < -0.39 is 0 Å². The largest absolute Gasteiger partial charge is 0.305 e. The zero-order chi connectivity index (χ0) is 12.4. The standard InChI is InChI=1S/C11H10Br2ClNS2/c1-2-15-10(7-3-4-9(14)16-7)8-5-6(12)11(13)17-8/h3-5,10,15H,2H2,1H3. The van der Waals surface area contributed by atoms with Crippen LogP contribution in [0.3, 0.4) is 0 Å². The average molecular weight is 416 g/mol. The maximum atomic E-state index is 6.00. The molecule has 0 amide bonds. The highest BCUT2D eigenvalue weighted by atomic mass is 79.9. The summed E-state index contributed by atoms with van der Waals surface area (Å²) < 4.78 is 3.05. The molecule has 2 rings (SSSR count). The highest BCUT2D eigenvalue weighted by molar-refractivity contribution is 9.13. The van der Waals surface area contributed by atoms with Gasteiger partial charge in [-0.1, -0.05) is 18.5 Å². The fourth-order valence-corrected chi connectivity index (χ4v) is 4.95. The number of hydrogen-bond donors (Lipinski definition) is 1. The summed E-state index contributed by atoms with van der Waals surface area (Å²) in [6, 6.07) is 6.41. The Hall–Kier alpha value is 0.610. The summed E-state index contributed by atoms with van der Waals surface area (Å²) >= 11 is 16.4. The monoisotopic (exact) mass is 413 g/mol. The van der Waals surface area contributed by atoms with Gasteiger partial charge in [-0.3, -0.25) is 0 Å². The summed E-state index contributed by atoms with van der Waals surface area (Å²) in [5, 5.41) is 3.49. The van der Waals surface area contributed by atoms with Crippen molar-refractivity contribution in [1.29, 1.82) is 0 Å². The van der Waals surface area contributed by atoms with Crippen molar-refractivity contribution >= 4 is 66.1 Å². The van der Waals surface area contributed by atoms with Crippen LogP contribution in [-0.4, -0.2) is 6.54 Å². The van der Waals surface area contributed by atoms with E-state index in [-0.39, 0.29) is 6.04 Å². The first-order valence-corrected chi connectivity index (χ1v) is 8.65. The van der Waals surface area contributed by atoms with Gasteiger partial charge < -0.3 is 5.32 Å². The number of thiophene rings is 2. The van der Waals surface area contributed by atoms with Crippen molar-refractivity contribution in [3.63, 3.8) is 0 Å². The van der Waals surface area contributed by atoms with Crippen LogP contribution in [0, 0.1) is 0 Å². The van der Waals surface area contributed by atoms with Crippen LogP contribution in [0.1, 0.15) is 22.7 Å². The molecule has 0 aromatic carbocycles. The van der Waals surface area contributed by atoms with Crippen molar-refractivity contribution in [1.82, 2.24) is 5.32 Å². The van der Waals surface area contributed by atoms with Crippen LogP contribution in [0.25, 0.3) is 0 Å². The highest BCUT2D eigenvalue weighted by Crippen LogP contribution is 2.39. The molecule has 0 aliphatic heterocycles. The number of rotatable bonds is 4.